The molecular weight excluding hydrogens is 339 g/mol. The second-order valence-electron chi connectivity index (χ2n) is 8.00. The summed E-state index contributed by atoms with van der Waals surface area (Å²) in [7, 11) is 0. The SMILES string of the molecule is C[C@]12C[C@H](c3ccc(Cl)cc3N1)[C@@H]1C[C@@]2(C)Nc2cc(Cl)ccc21. The van der Waals surface area contributed by atoms with Crippen LogP contribution in [0.2, 0.25) is 10.0 Å². The van der Waals surface area contributed by atoms with E-state index in [0.29, 0.717) is 11.8 Å². The van der Waals surface area contributed by atoms with E-state index in [1.165, 1.54) is 22.5 Å². The molecule has 4 heteroatoms. The van der Waals surface area contributed by atoms with Gasteiger partial charge in [0.2, 0.25) is 0 Å². The lowest BCUT2D eigenvalue weighted by atomic mass is 9.54. The zero-order valence-electron chi connectivity index (χ0n) is 13.8. The van der Waals surface area contributed by atoms with Crippen LogP contribution >= 0.6 is 23.2 Å². The number of hydrogen-bond acceptors (Lipinski definition) is 2. The number of rotatable bonds is 0. The Labute approximate surface area is 152 Å². The quantitative estimate of drug-likeness (QED) is 0.601. The third-order valence-corrected chi connectivity index (χ3v) is 7.08. The van der Waals surface area contributed by atoms with Crippen molar-refractivity contribution in [2.75, 3.05) is 10.6 Å². The van der Waals surface area contributed by atoms with Crippen LogP contribution in [0.5, 0.6) is 0 Å². The van der Waals surface area contributed by atoms with Crippen LogP contribution in [0, 0.1) is 0 Å². The van der Waals surface area contributed by atoms with Crippen LogP contribution in [-0.2, 0) is 0 Å². The van der Waals surface area contributed by atoms with Crippen molar-refractivity contribution in [2.24, 2.45) is 0 Å². The predicted octanol–water partition coefficient (Wildman–Crippen LogP) is 6.02. The zero-order valence-corrected chi connectivity index (χ0v) is 15.3. The van der Waals surface area contributed by atoms with Crippen LogP contribution in [0.1, 0.15) is 49.7 Å². The minimum absolute atomic E-state index is 0.0220. The standard InChI is InChI=1S/C20H20Cl2N2/c1-19-9-15(13-5-3-11(21)7-17(13)23-19)16-10-20(19,2)24-18-8-12(22)4-6-14(16)18/h3-8,15-16,23-24H,9-10H2,1-2H3/t15-,16-,19-,20-/m1/s1. The van der Waals surface area contributed by atoms with Crippen LogP contribution in [-0.4, -0.2) is 11.1 Å². The van der Waals surface area contributed by atoms with Crippen LogP contribution in [0.15, 0.2) is 36.4 Å². The van der Waals surface area contributed by atoms with E-state index in [1.54, 1.807) is 0 Å². The number of benzene rings is 2. The lowest BCUT2D eigenvalue weighted by Crippen LogP contribution is -2.67. The van der Waals surface area contributed by atoms with Crippen LogP contribution < -0.4 is 10.6 Å². The Balaban J connectivity index is 1.75. The highest BCUT2D eigenvalue weighted by Crippen LogP contribution is 2.61. The number of fused-ring (bicyclic) bond motifs is 10. The lowest BCUT2D eigenvalue weighted by Gasteiger charge is -2.61. The smallest absolute Gasteiger partial charge is 0.0578 e. The maximum atomic E-state index is 6.26. The second-order valence-corrected chi connectivity index (χ2v) is 8.87. The summed E-state index contributed by atoms with van der Waals surface area (Å²) in [5.74, 6) is 1.03. The molecule has 0 aromatic heterocycles. The molecule has 124 valence electrons. The third-order valence-electron chi connectivity index (χ3n) is 6.61. The van der Waals surface area contributed by atoms with Gasteiger partial charge in [-0.15, -0.1) is 0 Å². The average molecular weight is 359 g/mol. The van der Waals surface area contributed by atoms with Crippen LogP contribution in [0.3, 0.4) is 0 Å². The Hall–Kier alpha value is -1.38. The molecule has 0 spiro atoms. The minimum atomic E-state index is -0.0220. The monoisotopic (exact) mass is 358 g/mol. The largest absolute Gasteiger partial charge is 0.377 e. The fraction of sp³-hybridized carbons (Fsp3) is 0.400. The van der Waals surface area contributed by atoms with Gasteiger partial charge in [-0.2, -0.15) is 0 Å². The van der Waals surface area contributed by atoms with Crippen molar-refractivity contribution in [1.82, 2.24) is 0 Å². The van der Waals surface area contributed by atoms with Crippen molar-refractivity contribution in [3.8, 4) is 0 Å². The van der Waals surface area contributed by atoms with Gasteiger partial charge < -0.3 is 10.6 Å². The van der Waals surface area contributed by atoms with Gasteiger partial charge >= 0.3 is 0 Å². The first-order valence-electron chi connectivity index (χ1n) is 8.54. The number of halogens is 2. The summed E-state index contributed by atoms with van der Waals surface area (Å²) in [5, 5.41) is 9.20. The lowest BCUT2D eigenvalue weighted by molar-refractivity contribution is 0.164. The summed E-state index contributed by atoms with van der Waals surface area (Å²) in [4.78, 5) is 0. The van der Waals surface area contributed by atoms with Gasteiger partial charge in [0.05, 0.1) is 11.1 Å². The zero-order chi connectivity index (χ0) is 16.7. The molecule has 24 heavy (non-hydrogen) atoms. The molecule has 5 rings (SSSR count). The molecule has 1 aliphatic carbocycles. The van der Waals surface area contributed by atoms with E-state index >= 15 is 0 Å². The normalized spacial score (nSPS) is 35.3. The maximum Gasteiger partial charge on any atom is 0.0578 e. The first-order chi connectivity index (χ1) is 11.4. The van der Waals surface area contributed by atoms with Crippen molar-refractivity contribution in [2.45, 2.75) is 49.6 Å². The highest BCUT2D eigenvalue weighted by Gasteiger charge is 2.58. The van der Waals surface area contributed by atoms with Crippen molar-refractivity contribution in [3.05, 3.63) is 57.6 Å². The van der Waals surface area contributed by atoms with E-state index in [-0.39, 0.29) is 11.1 Å². The average Bonchev–Trinajstić information content (AvgIpc) is 2.51. The molecule has 2 aliphatic heterocycles. The van der Waals surface area contributed by atoms with E-state index in [9.17, 15) is 0 Å². The van der Waals surface area contributed by atoms with Crippen LogP contribution in [0.25, 0.3) is 0 Å². The van der Waals surface area contributed by atoms with Gasteiger partial charge in [-0.05, 0) is 73.9 Å². The van der Waals surface area contributed by atoms with Gasteiger partial charge in [0.1, 0.15) is 0 Å². The van der Waals surface area contributed by atoms with Crippen molar-refractivity contribution >= 4 is 34.6 Å². The van der Waals surface area contributed by atoms with E-state index < -0.39 is 0 Å². The summed E-state index contributed by atoms with van der Waals surface area (Å²) < 4.78 is 0. The third kappa shape index (κ3) is 1.84. The van der Waals surface area contributed by atoms with Gasteiger partial charge in [-0.3, -0.25) is 0 Å². The molecule has 2 aromatic carbocycles. The molecule has 0 unspecified atom stereocenters. The molecule has 1 saturated carbocycles. The molecule has 0 saturated heterocycles. The van der Waals surface area contributed by atoms with E-state index in [0.717, 1.165) is 22.9 Å². The van der Waals surface area contributed by atoms with Gasteiger partial charge in [0.15, 0.2) is 0 Å². The summed E-state index contributed by atoms with van der Waals surface area (Å²) >= 11 is 12.5. The molecule has 2 aromatic rings. The summed E-state index contributed by atoms with van der Waals surface area (Å²) in [6.07, 6.45) is 2.25. The summed E-state index contributed by atoms with van der Waals surface area (Å²) in [5.41, 5.74) is 5.13. The van der Waals surface area contributed by atoms with E-state index in [2.05, 4.69) is 48.7 Å². The number of anilines is 2. The Morgan fingerprint density at radius 1 is 0.792 bits per heavy atom. The van der Waals surface area contributed by atoms with Crippen molar-refractivity contribution in [3.63, 3.8) is 0 Å². The van der Waals surface area contributed by atoms with Crippen molar-refractivity contribution in [1.29, 1.82) is 0 Å². The molecule has 0 amide bonds. The number of hydrogen-bond donors (Lipinski definition) is 2. The first-order valence-corrected chi connectivity index (χ1v) is 9.29. The molecule has 4 atom stereocenters. The maximum absolute atomic E-state index is 6.26. The molecule has 4 bridgehead atoms. The van der Waals surface area contributed by atoms with Gasteiger partial charge in [-0.25, -0.2) is 0 Å². The Morgan fingerprint density at radius 3 is 1.62 bits per heavy atom. The predicted molar refractivity (Wildman–Crippen MR) is 102 cm³/mol. The van der Waals surface area contributed by atoms with Gasteiger partial charge in [0.25, 0.3) is 0 Å². The fourth-order valence-electron chi connectivity index (χ4n) is 5.16. The Kier molecular flexibility index (Phi) is 2.87. The molecule has 2 N–H and O–H groups in total. The first kappa shape index (κ1) is 14.9. The van der Waals surface area contributed by atoms with Crippen LogP contribution in [0.4, 0.5) is 11.4 Å². The highest BCUT2D eigenvalue weighted by atomic mass is 35.5. The van der Waals surface area contributed by atoms with E-state index in [4.69, 9.17) is 23.2 Å². The molecule has 2 nitrogen and oxygen atoms in total. The van der Waals surface area contributed by atoms with Gasteiger partial charge in [-0.1, -0.05) is 35.3 Å². The van der Waals surface area contributed by atoms with E-state index in [1.807, 2.05) is 12.1 Å². The molecule has 2 heterocycles. The molecule has 3 aliphatic rings. The number of nitrogens with one attached hydrogen (secondary N) is 2. The highest BCUT2D eigenvalue weighted by molar-refractivity contribution is 6.31. The Morgan fingerprint density at radius 2 is 1.21 bits per heavy atom. The summed E-state index contributed by atoms with van der Waals surface area (Å²) in [6.45, 7) is 4.67. The summed E-state index contributed by atoms with van der Waals surface area (Å²) in [6, 6.07) is 12.6. The minimum Gasteiger partial charge on any atom is -0.377 e. The Bertz CT molecular complexity index is 793. The second kappa shape index (κ2) is 4.62. The fourth-order valence-corrected chi connectivity index (χ4v) is 5.50. The van der Waals surface area contributed by atoms with Gasteiger partial charge in [0, 0.05) is 21.4 Å². The molecule has 0 radical (unpaired) electrons. The molecular formula is C20H20Cl2N2. The topological polar surface area (TPSA) is 24.1 Å². The van der Waals surface area contributed by atoms with Crippen molar-refractivity contribution < 1.29 is 0 Å². The molecule has 1 fully saturated rings.